The molecule has 2 heterocycles. The molecule has 17 nitrogen and oxygen atoms in total. The molecule has 1 aromatic heterocycles. The molecule has 0 amide bonds. The highest BCUT2D eigenvalue weighted by molar-refractivity contribution is 7.75. The van der Waals surface area contributed by atoms with Crippen molar-refractivity contribution in [3.63, 3.8) is 0 Å². The first-order valence-corrected chi connectivity index (χ1v) is 15.1. The Bertz CT molecular complexity index is 1520. The lowest BCUT2D eigenvalue weighted by molar-refractivity contribution is -0.0264. The molecule has 4 N–H and O–H groups in total. The Balaban J connectivity index is 1.91. The molecule has 1 saturated heterocycles. The zero-order valence-electron chi connectivity index (χ0n) is 19.5. The van der Waals surface area contributed by atoms with E-state index in [1.807, 2.05) is 4.98 Å². The third-order valence-corrected chi connectivity index (χ3v) is 10.6. The largest absolute Gasteiger partial charge is 0.537 e. The van der Waals surface area contributed by atoms with Gasteiger partial charge in [0.25, 0.3) is 5.56 Å². The van der Waals surface area contributed by atoms with Crippen LogP contribution in [0.3, 0.4) is 0 Å². The molecule has 1 fully saturated rings. The lowest BCUT2D eigenvalue weighted by atomic mass is 10.1. The van der Waals surface area contributed by atoms with E-state index in [4.69, 9.17) is 29.1 Å². The first-order valence-electron chi connectivity index (χ1n) is 10.5. The molecule has 5 atom stereocenters. The molecule has 1 aromatic carbocycles. The summed E-state index contributed by atoms with van der Waals surface area (Å²) in [6.07, 6.45) is -1.60. The number of H-pyrrole nitrogens is 1. The molecule has 0 bridgehead atoms. The van der Waals surface area contributed by atoms with Crippen LogP contribution < -0.4 is 15.8 Å². The fraction of sp³-hybridized carbons (Fsp3) is 0.412. The molecule has 2 aromatic rings. The number of phosphoric ester groups is 1. The minimum atomic E-state index is -6.75. The summed E-state index contributed by atoms with van der Waals surface area (Å²) in [5.41, 5.74) is 7.46. The highest BCUT2D eigenvalue weighted by Crippen LogP contribution is 2.78. The average Bonchev–Trinajstić information content (AvgIpc) is 3.22. The molecule has 1 aliphatic heterocycles. The number of benzene rings is 1. The van der Waals surface area contributed by atoms with E-state index >= 15 is 0 Å². The fourth-order valence-corrected chi connectivity index (χ4v) is 7.42. The predicted octanol–water partition coefficient (Wildman–Crippen LogP) is 2.95. The van der Waals surface area contributed by atoms with Crippen molar-refractivity contribution in [3.05, 3.63) is 73.4 Å². The summed E-state index contributed by atoms with van der Waals surface area (Å²) in [5.74, 6) is -0.382. The van der Waals surface area contributed by atoms with Crippen LogP contribution >= 0.6 is 23.0 Å². The zero-order chi connectivity index (χ0) is 29.2. The zero-order valence-corrected chi connectivity index (χ0v) is 22.2. The van der Waals surface area contributed by atoms with Gasteiger partial charge in [-0.25, -0.2) is 9.36 Å². The van der Waals surface area contributed by atoms with Gasteiger partial charge < -0.3 is 23.9 Å². The van der Waals surface area contributed by atoms with Crippen molar-refractivity contribution >= 4 is 23.0 Å². The Morgan fingerprint density at radius 3 is 2.46 bits per heavy atom. The van der Waals surface area contributed by atoms with Gasteiger partial charge in [0.2, 0.25) is 0 Å². The summed E-state index contributed by atoms with van der Waals surface area (Å²) in [4.78, 5) is 55.9. The second kappa shape index (κ2) is 11.4. The first kappa shape index (κ1) is 30.9. The van der Waals surface area contributed by atoms with Gasteiger partial charge in [-0.1, -0.05) is 23.3 Å². The minimum absolute atomic E-state index is 0.122. The molecule has 1 aliphatic rings. The van der Waals surface area contributed by atoms with Crippen molar-refractivity contribution in [3.8, 4) is 5.75 Å². The second-order valence-electron chi connectivity index (χ2n) is 7.92. The van der Waals surface area contributed by atoms with Crippen LogP contribution in [0.5, 0.6) is 5.75 Å². The number of nitrogens with one attached hydrogen (secondary N) is 1. The van der Waals surface area contributed by atoms with E-state index in [0.29, 0.717) is 0 Å². The number of azide groups is 1. The van der Waals surface area contributed by atoms with Crippen LogP contribution in [0, 0.1) is 6.92 Å². The Morgan fingerprint density at radius 2 is 1.87 bits per heavy atom. The number of para-hydroxylation sites is 1. The van der Waals surface area contributed by atoms with Gasteiger partial charge in [-0.05, 0) is 24.6 Å². The number of aromatic amines is 1. The van der Waals surface area contributed by atoms with Gasteiger partial charge in [-0.15, -0.1) is 0 Å². The van der Waals surface area contributed by atoms with Gasteiger partial charge in [-0.3, -0.25) is 28.0 Å². The summed E-state index contributed by atoms with van der Waals surface area (Å²) >= 11 is 0. The number of ether oxygens (including phenoxy) is 1. The number of nitrogens with zero attached hydrogens (tertiary/aromatic N) is 4. The van der Waals surface area contributed by atoms with Crippen molar-refractivity contribution < 1.29 is 55.3 Å². The highest BCUT2D eigenvalue weighted by Gasteiger charge is 2.67. The number of phosphoric acid groups is 1. The molecule has 22 heteroatoms. The smallest absolute Gasteiger partial charge is 0.404 e. The average molecular weight is 617 g/mol. The molecule has 214 valence electrons. The predicted molar refractivity (Wildman–Crippen MR) is 126 cm³/mol. The normalized spacial score (nSPS) is 22.9. The molecule has 0 saturated carbocycles. The first-order chi connectivity index (χ1) is 18.0. The van der Waals surface area contributed by atoms with Crippen molar-refractivity contribution in [2.75, 3.05) is 6.61 Å². The SMILES string of the molecule is Cc1cn([C@H]2C[C@@H](N=[N+]=[N-])[C@@H](COP(=O)(Oc3ccccc3)OP(=O)(O)C(F)(F)P(=O)(O)O)O2)c(=O)[nH]c1=O. The molecule has 0 aliphatic carbocycles. The number of halogens is 2. The number of alkyl halides is 2. The van der Waals surface area contributed by atoms with E-state index in [2.05, 4.69) is 14.3 Å². The maximum absolute atomic E-state index is 14.0. The standard InChI is InChI=1S/C17H20F2N5O12P3/c1-10-8-24(16(26)21-15(10)25)14-7-12(22-23-20)13(34-14)9-33-39(32,35-11-5-3-2-4-6-11)36-38(30,31)17(18,19)37(27,28)29/h2-6,8,12-14H,7,9H2,1H3,(H,30,31)(H,21,25,26)(H2,27,28,29)/t12-,13-,14-,39?/m1/s1. The lowest BCUT2D eigenvalue weighted by Crippen LogP contribution is -2.33. The highest BCUT2D eigenvalue weighted by atomic mass is 31.3. The van der Waals surface area contributed by atoms with Gasteiger partial charge in [0, 0.05) is 23.1 Å². The second-order valence-corrected chi connectivity index (χ2v) is 13.5. The lowest BCUT2D eigenvalue weighted by Gasteiger charge is -2.26. The van der Waals surface area contributed by atoms with Crippen molar-refractivity contribution in [2.24, 2.45) is 5.11 Å². The summed E-state index contributed by atoms with van der Waals surface area (Å²) in [6, 6.07) is 5.22. The Labute approximate surface area is 216 Å². The van der Waals surface area contributed by atoms with Crippen LogP contribution in [0.2, 0.25) is 0 Å². The summed E-state index contributed by atoms with van der Waals surface area (Å²) in [5, 5.41) is -2.23. The van der Waals surface area contributed by atoms with E-state index in [0.717, 1.165) is 22.9 Å². The van der Waals surface area contributed by atoms with Gasteiger partial charge in [-0.2, -0.15) is 13.1 Å². The molecular weight excluding hydrogens is 597 g/mol. The summed E-state index contributed by atoms with van der Waals surface area (Å²) in [6.45, 7) is 0.410. The maximum Gasteiger partial charge on any atom is 0.537 e. The van der Waals surface area contributed by atoms with Gasteiger partial charge in [0.15, 0.2) is 0 Å². The van der Waals surface area contributed by atoms with Crippen molar-refractivity contribution in [2.45, 2.75) is 37.1 Å². The number of hydrogen-bond acceptors (Lipinski definition) is 10. The van der Waals surface area contributed by atoms with Crippen LogP contribution in [0.15, 0.2) is 51.2 Å². The van der Waals surface area contributed by atoms with Crippen LogP contribution in [-0.4, -0.2) is 48.4 Å². The van der Waals surface area contributed by atoms with Gasteiger partial charge in [0.1, 0.15) is 12.0 Å². The monoisotopic (exact) mass is 617 g/mol. The Kier molecular flexibility index (Phi) is 9.05. The van der Waals surface area contributed by atoms with E-state index in [9.17, 15) is 37.0 Å². The van der Waals surface area contributed by atoms with Crippen molar-refractivity contribution in [1.82, 2.24) is 9.55 Å². The van der Waals surface area contributed by atoms with E-state index in [1.165, 1.54) is 25.1 Å². The topological polar surface area (TPSA) is 252 Å². The molecule has 39 heavy (non-hydrogen) atoms. The molecule has 0 spiro atoms. The van der Waals surface area contributed by atoms with Crippen LogP contribution in [0.1, 0.15) is 18.2 Å². The summed E-state index contributed by atoms with van der Waals surface area (Å²) < 4.78 is 85.1. The Morgan fingerprint density at radius 1 is 1.23 bits per heavy atom. The van der Waals surface area contributed by atoms with Gasteiger partial charge in [0.05, 0.1) is 18.8 Å². The number of rotatable bonds is 11. The Hall–Kier alpha value is -2.68. The van der Waals surface area contributed by atoms with Crippen LogP contribution in [-0.2, 0) is 27.3 Å². The molecule has 2 unspecified atom stereocenters. The van der Waals surface area contributed by atoms with Crippen LogP contribution in [0.25, 0.3) is 10.4 Å². The quantitative estimate of drug-likeness (QED) is 0.123. The number of aryl methyl sites for hydroxylation is 1. The molecular formula is C17H20F2N5O12P3. The van der Waals surface area contributed by atoms with Crippen LogP contribution in [0.4, 0.5) is 8.78 Å². The van der Waals surface area contributed by atoms with E-state index in [1.54, 1.807) is 0 Å². The van der Waals surface area contributed by atoms with Gasteiger partial charge >= 0.3 is 34.1 Å². The summed E-state index contributed by atoms with van der Waals surface area (Å²) in [7, 11) is -19.0. The van der Waals surface area contributed by atoms with E-state index in [-0.39, 0.29) is 17.7 Å². The third kappa shape index (κ3) is 6.91. The number of aromatic nitrogens is 2. The number of hydrogen-bond donors (Lipinski definition) is 4. The minimum Gasteiger partial charge on any atom is -0.404 e. The third-order valence-electron chi connectivity index (χ3n) is 5.12. The maximum atomic E-state index is 14.0. The van der Waals surface area contributed by atoms with Crippen molar-refractivity contribution in [1.29, 1.82) is 0 Å². The molecule has 0 radical (unpaired) electrons. The fourth-order valence-electron chi connectivity index (χ4n) is 3.21. The molecule has 3 rings (SSSR count). The van der Waals surface area contributed by atoms with E-state index < -0.39 is 64.6 Å².